The van der Waals surface area contributed by atoms with Crippen molar-refractivity contribution in [2.24, 2.45) is 7.05 Å². The molecule has 0 amide bonds. The smallest absolute Gasteiger partial charge is 0.134 e. The highest BCUT2D eigenvalue weighted by molar-refractivity contribution is 7.11. The fourth-order valence-corrected chi connectivity index (χ4v) is 2.04. The van der Waals surface area contributed by atoms with E-state index in [-0.39, 0.29) is 0 Å². The molecule has 0 aromatic carbocycles. The molecule has 0 radical (unpaired) electrons. The molecule has 2 aromatic heterocycles. The number of hydrogen-bond donors (Lipinski definition) is 0. The van der Waals surface area contributed by atoms with Crippen molar-refractivity contribution >= 4 is 23.0 Å². The van der Waals surface area contributed by atoms with Gasteiger partial charge in [0.15, 0.2) is 0 Å². The van der Waals surface area contributed by atoms with E-state index in [2.05, 4.69) is 16.2 Å². The Morgan fingerprint density at radius 1 is 1.62 bits per heavy atom. The van der Waals surface area contributed by atoms with Crippen LogP contribution in [0.25, 0.3) is 11.6 Å². The van der Waals surface area contributed by atoms with Gasteiger partial charge >= 0.3 is 0 Å². The minimum atomic E-state index is 0.553. The summed E-state index contributed by atoms with van der Waals surface area (Å²) in [5.41, 5.74) is 2.26. The van der Waals surface area contributed by atoms with Crippen LogP contribution in [0.2, 0.25) is 0 Å². The third-order valence-corrected chi connectivity index (χ3v) is 2.99. The lowest BCUT2D eigenvalue weighted by atomic mass is 10.2. The average molecular weight is 230 g/mol. The Balaban J connectivity index is 2.37. The normalized spacial score (nSPS) is 11.4. The minimum Gasteiger partial charge on any atom is -0.275 e. The van der Waals surface area contributed by atoms with Gasteiger partial charge in [-0.25, -0.2) is 4.98 Å². The van der Waals surface area contributed by atoms with E-state index in [9.17, 15) is 0 Å². The van der Waals surface area contributed by atoms with Crippen molar-refractivity contribution in [1.82, 2.24) is 14.8 Å². The summed E-state index contributed by atoms with van der Waals surface area (Å²) in [6, 6.07) is 4.01. The van der Waals surface area contributed by atoms with Gasteiger partial charge in [-0.2, -0.15) is 10.4 Å². The zero-order valence-electron chi connectivity index (χ0n) is 9.01. The number of rotatable bonds is 2. The molecule has 0 aliphatic heterocycles. The van der Waals surface area contributed by atoms with Crippen LogP contribution < -0.4 is 0 Å². The molecule has 2 heterocycles. The number of allylic oxidation sites excluding steroid dienone is 1. The van der Waals surface area contributed by atoms with Gasteiger partial charge in [0.25, 0.3) is 0 Å². The van der Waals surface area contributed by atoms with E-state index in [4.69, 9.17) is 5.26 Å². The number of nitriles is 1. The standard InChI is InChI=1S/C11H10N4S/c1-8-7-16-11(13-8)9(6-12)5-10-3-4-15(2)14-10/h3-5,7H,1-2H3. The molecule has 5 heteroatoms. The Kier molecular flexibility index (Phi) is 2.84. The third-order valence-electron chi connectivity index (χ3n) is 2.00. The summed E-state index contributed by atoms with van der Waals surface area (Å²) in [5.74, 6) is 0. The van der Waals surface area contributed by atoms with Crippen LogP contribution >= 0.6 is 11.3 Å². The molecule has 0 saturated carbocycles. The Hall–Kier alpha value is -1.93. The van der Waals surface area contributed by atoms with E-state index in [1.165, 1.54) is 11.3 Å². The van der Waals surface area contributed by atoms with Gasteiger partial charge in [-0.05, 0) is 19.1 Å². The van der Waals surface area contributed by atoms with Crippen LogP contribution in [0.4, 0.5) is 0 Å². The summed E-state index contributed by atoms with van der Waals surface area (Å²) in [5, 5.41) is 15.9. The van der Waals surface area contributed by atoms with Crippen molar-refractivity contribution in [3.05, 3.63) is 34.0 Å². The van der Waals surface area contributed by atoms with Crippen LogP contribution in [0.5, 0.6) is 0 Å². The Bertz CT molecular complexity index is 571. The highest BCUT2D eigenvalue weighted by Gasteiger charge is 2.06. The number of thiazole rings is 1. The van der Waals surface area contributed by atoms with Gasteiger partial charge in [0.2, 0.25) is 0 Å². The quantitative estimate of drug-likeness (QED) is 0.743. The van der Waals surface area contributed by atoms with Gasteiger partial charge in [-0.15, -0.1) is 11.3 Å². The second kappa shape index (κ2) is 4.29. The largest absolute Gasteiger partial charge is 0.275 e. The molecule has 0 saturated heterocycles. The summed E-state index contributed by atoms with van der Waals surface area (Å²) in [6.07, 6.45) is 3.59. The number of hydrogen-bond acceptors (Lipinski definition) is 4. The van der Waals surface area contributed by atoms with E-state index in [1.807, 2.05) is 31.6 Å². The van der Waals surface area contributed by atoms with Gasteiger partial charge < -0.3 is 0 Å². The summed E-state index contributed by atoms with van der Waals surface area (Å²) in [7, 11) is 1.84. The van der Waals surface area contributed by atoms with Crippen molar-refractivity contribution in [3.63, 3.8) is 0 Å². The number of aromatic nitrogens is 3. The minimum absolute atomic E-state index is 0.553. The first-order valence-electron chi connectivity index (χ1n) is 4.73. The molecule has 0 N–H and O–H groups in total. The molecule has 4 nitrogen and oxygen atoms in total. The predicted molar refractivity (Wildman–Crippen MR) is 63.5 cm³/mol. The average Bonchev–Trinajstić information content (AvgIpc) is 2.84. The van der Waals surface area contributed by atoms with Crippen LogP contribution in [0.1, 0.15) is 16.4 Å². The molecule has 16 heavy (non-hydrogen) atoms. The first-order chi connectivity index (χ1) is 7.69. The first-order valence-corrected chi connectivity index (χ1v) is 5.61. The highest BCUT2D eigenvalue weighted by Crippen LogP contribution is 2.20. The molecule has 2 aromatic rings. The van der Waals surface area contributed by atoms with E-state index < -0.39 is 0 Å². The monoisotopic (exact) mass is 230 g/mol. The summed E-state index contributed by atoms with van der Waals surface area (Å²) in [4.78, 5) is 4.28. The molecule has 0 aliphatic carbocycles. The number of aryl methyl sites for hydroxylation is 2. The molecular weight excluding hydrogens is 220 g/mol. The predicted octanol–water partition coefficient (Wildman–Crippen LogP) is 2.25. The maximum absolute atomic E-state index is 9.07. The summed E-state index contributed by atoms with van der Waals surface area (Å²) in [6.45, 7) is 1.91. The van der Waals surface area contributed by atoms with Gasteiger partial charge in [0.05, 0.1) is 11.3 Å². The van der Waals surface area contributed by atoms with Crippen LogP contribution in [-0.2, 0) is 7.05 Å². The molecule has 0 fully saturated rings. The fourth-order valence-electron chi connectivity index (χ4n) is 1.28. The first kappa shape index (κ1) is 10.6. The zero-order valence-corrected chi connectivity index (χ0v) is 9.82. The fraction of sp³-hybridized carbons (Fsp3) is 0.182. The summed E-state index contributed by atoms with van der Waals surface area (Å²) >= 11 is 1.47. The van der Waals surface area contributed by atoms with Crippen LogP contribution in [0, 0.1) is 18.3 Å². The molecule has 0 unspecified atom stereocenters. The van der Waals surface area contributed by atoms with E-state index in [1.54, 1.807) is 10.8 Å². The van der Waals surface area contributed by atoms with Crippen molar-refractivity contribution in [2.45, 2.75) is 6.92 Å². The van der Waals surface area contributed by atoms with Crippen molar-refractivity contribution < 1.29 is 0 Å². The maximum Gasteiger partial charge on any atom is 0.134 e. The summed E-state index contributed by atoms with van der Waals surface area (Å²) < 4.78 is 1.70. The number of nitrogens with zero attached hydrogens (tertiary/aromatic N) is 4. The lowest BCUT2D eigenvalue weighted by molar-refractivity contribution is 0.764. The van der Waals surface area contributed by atoms with Crippen molar-refractivity contribution in [1.29, 1.82) is 5.26 Å². The van der Waals surface area contributed by atoms with E-state index in [0.29, 0.717) is 5.57 Å². The van der Waals surface area contributed by atoms with Gasteiger partial charge in [0, 0.05) is 24.3 Å². The van der Waals surface area contributed by atoms with Crippen LogP contribution in [0.3, 0.4) is 0 Å². The topological polar surface area (TPSA) is 54.5 Å². The van der Waals surface area contributed by atoms with Crippen molar-refractivity contribution in [3.8, 4) is 6.07 Å². The molecule has 2 rings (SSSR count). The Morgan fingerprint density at radius 2 is 2.44 bits per heavy atom. The van der Waals surface area contributed by atoms with E-state index >= 15 is 0 Å². The molecule has 0 spiro atoms. The van der Waals surface area contributed by atoms with Crippen molar-refractivity contribution in [2.75, 3.05) is 0 Å². The second-order valence-electron chi connectivity index (χ2n) is 3.38. The molecule has 0 atom stereocenters. The molecule has 0 aliphatic rings. The Morgan fingerprint density at radius 3 is 2.94 bits per heavy atom. The van der Waals surface area contributed by atoms with Gasteiger partial charge in [-0.1, -0.05) is 0 Å². The zero-order chi connectivity index (χ0) is 11.5. The lowest BCUT2D eigenvalue weighted by Gasteiger charge is -1.90. The highest BCUT2D eigenvalue weighted by atomic mass is 32.1. The molecule has 80 valence electrons. The molecule has 0 bridgehead atoms. The SMILES string of the molecule is Cc1csc(C(C#N)=Cc2ccn(C)n2)n1. The third kappa shape index (κ3) is 2.18. The van der Waals surface area contributed by atoms with E-state index in [0.717, 1.165) is 16.4 Å². The lowest BCUT2D eigenvalue weighted by Crippen LogP contribution is -1.88. The van der Waals surface area contributed by atoms with Gasteiger partial charge in [-0.3, -0.25) is 4.68 Å². The molecular formula is C11H10N4S. The second-order valence-corrected chi connectivity index (χ2v) is 4.24. The van der Waals surface area contributed by atoms with Crippen LogP contribution in [0.15, 0.2) is 17.6 Å². The Labute approximate surface area is 97.5 Å². The van der Waals surface area contributed by atoms with Crippen LogP contribution in [-0.4, -0.2) is 14.8 Å². The van der Waals surface area contributed by atoms with Gasteiger partial charge in [0.1, 0.15) is 11.1 Å². The maximum atomic E-state index is 9.07.